The van der Waals surface area contributed by atoms with Gasteiger partial charge < -0.3 is 59.1 Å². The van der Waals surface area contributed by atoms with Gasteiger partial charge in [-0.2, -0.15) is 0 Å². The average molecular weight is 935 g/mol. The maximum absolute atomic E-state index is 11.9. The molecule has 0 bridgehead atoms. The lowest BCUT2D eigenvalue weighted by Crippen LogP contribution is -2.54. The molecule has 0 radical (unpaired) electrons. The van der Waals surface area contributed by atoms with Crippen molar-refractivity contribution in [2.75, 3.05) is 52.9 Å². The van der Waals surface area contributed by atoms with Crippen LogP contribution in [0.2, 0.25) is 36.3 Å². The van der Waals surface area contributed by atoms with Gasteiger partial charge in [-0.05, 0) is 92.9 Å². The molecule has 4 heterocycles. The van der Waals surface area contributed by atoms with Gasteiger partial charge in [0.15, 0.2) is 22.4 Å². The number of ether oxygens (including phenoxy) is 4. The predicted octanol–water partition coefficient (Wildman–Crippen LogP) is 5.32. The molecule has 24 heteroatoms. The Morgan fingerprint density at radius 3 is 1.38 bits per heavy atom. The van der Waals surface area contributed by atoms with Crippen LogP contribution in [0.15, 0.2) is 15.3 Å². The molecule has 0 amide bonds. The maximum atomic E-state index is 11.9. The number of rotatable bonds is 11. The summed E-state index contributed by atoms with van der Waals surface area (Å²) in [6, 6.07) is -1.14. The second kappa shape index (κ2) is 24.9. The van der Waals surface area contributed by atoms with Crippen LogP contribution in [0.5, 0.6) is 0 Å². The number of aliphatic hydroxyl groups is 5. The van der Waals surface area contributed by atoms with E-state index in [9.17, 15) is 20.1 Å². The minimum absolute atomic E-state index is 0.0395. The van der Waals surface area contributed by atoms with E-state index in [0.717, 1.165) is 0 Å². The minimum Gasteiger partial charge on any atom is -0.414 e. The summed E-state index contributed by atoms with van der Waals surface area (Å²) < 4.78 is 33.5. The van der Waals surface area contributed by atoms with E-state index in [1.54, 1.807) is 20.8 Å². The third-order valence-corrected chi connectivity index (χ3v) is 21.6. The number of azide groups is 3. The lowest BCUT2D eigenvalue weighted by atomic mass is 9.89. The smallest absolute Gasteiger partial charge is 0.192 e. The lowest BCUT2D eigenvalue weighted by Gasteiger charge is -2.42. The Hall–Kier alpha value is -2.45. The molecule has 0 aromatic heterocycles. The van der Waals surface area contributed by atoms with Crippen LogP contribution in [0.1, 0.15) is 88.0 Å². The molecule has 63 heavy (non-hydrogen) atoms. The van der Waals surface area contributed by atoms with Crippen molar-refractivity contribution < 1.29 is 58.1 Å². The fourth-order valence-electron chi connectivity index (χ4n) is 6.34. The Labute approximate surface area is 374 Å². The molecule has 0 aliphatic carbocycles. The Kier molecular flexibility index (Phi) is 23.1. The number of Topliss-reactive ketones (excluding diaryl/α,β-unsaturated/α-hetero) is 1. The zero-order valence-electron chi connectivity index (χ0n) is 39.8. The summed E-state index contributed by atoms with van der Waals surface area (Å²) in [7, 11) is -3.72. The first kappa shape index (κ1) is 58.6. The number of hydrogen-bond acceptors (Lipinski definition) is 16. The molecular formula is C39H78N10O12Si2. The van der Waals surface area contributed by atoms with E-state index in [1.807, 2.05) is 0 Å². The average Bonchev–Trinajstić information content (AvgIpc) is 3.13. The van der Waals surface area contributed by atoms with Crippen molar-refractivity contribution in [3.05, 3.63) is 31.3 Å². The van der Waals surface area contributed by atoms with Crippen molar-refractivity contribution in [3.8, 4) is 0 Å². The van der Waals surface area contributed by atoms with Gasteiger partial charge in [0.25, 0.3) is 0 Å². The normalized spacial score (nSPS) is 33.8. The molecule has 7 N–H and O–H groups in total. The zero-order valence-corrected chi connectivity index (χ0v) is 41.8. The van der Waals surface area contributed by atoms with E-state index in [0.29, 0.717) is 52.3 Å². The highest BCUT2D eigenvalue weighted by atomic mass is 28.4. The summed E-state index contributed by atoms with van der Waals surface area (Å²) in [4.78, 5) is 20.0. The topological polar surface area (TPSA) is 346 Å². The van der Waals surface area contributed by atoms with Crippen LogP contribution in [0.25, 0.3) is 31.3 Å². The molecule has 4 saturated heterocycles. The van der Waals surface area contributed by atoms with Gasteiger partial charge in [-0.25, -0.2) is 0 Å². The second-order valence-corrected chi connectivity index (χ2v) is 30.1. The lowest BCUT2D eigenvalue weighted by molar-refractivity contribution is -0.155. The fraction of sp³-hybridized carbons (Fsp3) is 0.974. The molecule has 4 aliphatic rings. The monoisotopic (exact) mass is 935 g/mol. The van der Waals surface area contributed by atoms with Gasteiger partial charge in [0.1, 0.15) is 24.4 Å². The molecule has 0 saturated carbocycles. The van der Waals surface area contributed by atoms with Crippen molar-refractivity contribution in [1.29, 1.82) is 0 Å². The van der Waals surface area contributed by atoms with E-state index in [1.165, 1.54) is 0 Å². The number of nitrogens with zero attached hydrogens (tertiary/aromatic N) is 9. The molecule has 22 nitrogen and oxygen atoms in total. The van der Waals surface area contributed by atoms with Crippen LogP contribution >= 0.6 is 0 Å². The van der Waals surface area contributed by atoms with Crippen LogP contribution < -0.4 is 5.73 Å². The van der Waals surface area contributed by atoms with Crippen LogP contribution in [0.4, 0.5) is 0 Å². The third-order valence-electron chi connectivity index (χ3n) is 12.6. The quantitative estimate of drug-likeness (QED) is 0.0662. The molecule has 0 aromatic rings. The first-order valence-corrected chi connectivity index (χ1v) is 27.2. The van der Waals surface area contributed by atoms with Crippen molar-refractivity contribution in [2.45, 2.75) is 190 Å². The molecule has 4 rings (SSSR count). The van der Waals surface area contributed by atoms with Gasteiger partial charge in [-0.3, -0.25) is 4.79 Å². The summed E-state index contributed by atoms with van der Waals surface area (Å²) in [6.45, 7) is 28.1. The highest BCUT2D eigenvalue weighted by Crippen LogP contribution is 2.38. The predicted molar refractivity (Wildman–Crippen MR) is 242 cm³/mol. The molecule has 11 atom stereocenters. The molecule has 4 aliphatic heterocycles. The summed E-state index contributed by atoms with van der Waals surface area (Å²) in [5.74, 6) is -0.0395. The van der Waals surface area contributed by atoms with Crippen LogP contribution in [0.3, 0.4) is 0 Å². The number of hydrogen-bond donors (Lipinski definition) is 6. The molecule has 0 aromatic carbocycles. The minimum atomic E-state index is -1.86. The van der Waals surface area contributed by atoms with E-state index in [4.69, 9.17) is 60.3 Å². The van der Waals surface area contributed by atoms with Crippen molar-refractivity contribution in [1.82, 2.24) is 0 Å². The fourth-order valence-corrected chi connectivity index (χ4v) is 8.34. The van der Waals surface area contributed by atoms with Gasteiger partial charge in [0, 0.05) is 27.2 Å². The summed E-state index contributed by atoms with van der Waals surface area (Å²) in [6.07, 6.45) is -0.500. The third kappa shape index (κ3) is 19.1. The Morgan fingerprint density at radius 2 is 1.02 bits per heavy atom. The van der Waals surface area contributed by atoms with Crippen LogP contribution in [-0.2, 0) is 32.6 Å². The van der Waals surface area contributed by atoms with Crippen LogP contribution in [0, 0.1) is 0 Å². The van der Waals surface area contributed by atoms with E-state index in [-0.39, 0.29) is 72.4 Å². The van der Waals surface area contributed by atoms with Crippen LogP contribution in [-0.4, -0.2) is 166 Å². The van der Waals surface area contributed by atoms with E-state index < -0.39 is 51.7 Å². The Balaban J connectivity index is 0.000000431. The Morgan fingerprint density at radius 1 is 0.651 bits per heavy atom. The van der Waals surface area contributed by atoms with Crippen molar-refractivity contribution in [2.24, 2.45) is 21.1 Å². The Bertz CT molecular complexity index is 1580. The SMILES string of the molecule is CC(C)(C)[Si](C)(C)OC[C@H]1OC[C@H](N=[N+]=[N-])CC1=O.CC1(O)C[C@@H](N)CO[C@@H]1CO.CC1(O)C[C@@H](N=[N+]=[N-])CO[C@@H]1CO.CC1(O)C[C@@H](N=[N+]=[N-])CO[C@@H]1CO[Si](C)(C)C(C)(C)C. The number of nitrogens with two attached hydrogens (primary N) is 1. The van der Waals surface area contributed by atoms with Gasteiger partial charge in [-0.1, -0.05) is 56.9 Å². The number of carbonyl (C=O) groups excluding carboxylic acids is 1. The standard InChI is InChI=1S/C13H27N3O3Si.C12H23N3O3Si.C7H13N3O3.C7H15NO3/c1-12(2,3)20(5,6)19-9-11-13(4,17)7-10(8-18-11)15-16-14;1-12(2,3)19(4,5)18-8-11-10(16)6-9(7-17-11)14-15-13;1-7(12)2-5(9-10-8)4-13-6(7)3-11;1-7(10)2-5(8)4-11-6(7)3-9/h10-11,17H,7-9H2,1-6H3;9,11H,6-8H2,1-5H3;5-6,11-12H,2-4H2,1H3;5-6,9-10H,2-4,8H2,1H3/t10-,11-,13?;9-,11-;2*5-,6-,7?/m1111/s1. The largest absolute Gasteiger partial charge is 0.414 e. The number of aliphatic hydroxyl groups excluding tert-OH is 2. The van der Waals surface area contributed by atoms with E-state index in [2.05, 4.69) is 97.8 Å². The summed E-state index contributed by atoms with van der Waals surface area (Å²) >= 11 is 0. The number of carbonyl (C=O) groups is 1. The van der Waals surface area contributed by atoms with E-state index >= 15 is 0 Å². The molecule has 364 valence electrons. The molecule has 0 spiro atoms. The van der Waals surface area contributed by atoms with Gasteiger partial charge >= 0.3 is 0 Å². The van der Waals surface area contributed by atoms with Gasteiger partial charge in [-0.15, -0.1) is 0 Å². The molecule has 3 unspecified atom stereocenters. The highest BCUT2D eigenvalue weighted by Gasteiger charge is 2.44. The zero-order chi connectivity index (χ0) is 48.7. The second-order valence-electron chi connectivity index (χ2n) is 20.5. The maximum Gasteiger partial charge on any atom is 0.192 e. The molecule has 4 fully saturated rings. The van der Waals surface area contributed by atoms with Crippen molar-refractivity contribution >= 4 is 22.4 Å². The molecular weight excluding hydrogens is 857 g/mol. The first-order valence-electron chi connectivity index (χ1n) is 21.4. The van der Waals surface area contributed by atoms with Gasteiger partial charge in [0.05, 0.1) is 87.8 Å². The highest BCUT2D eigenvalue weighted by molar-refractivity contribution is 6.74. The summed E-state index contributed by atoms with van der Waals surface area (Å²) in [5.41, 5.74) is 27.4. The number of ketones is 1. The first-order chi connectivity index (χ1) is 28.8. The summed E-state index contributed by atoms with van der Waals surface area (Å²) in [5, 5.41) is 58.3. The van der Waals surface area contributed by atoms with Crippen molar-refractivity contribution in [3.63, 3.8) is 0 Å². The van der Waals surface area contributed by atoms with Gasteiger partial charge in [0.2, 0.25) is 0 Å².